The normalized spacial score (nSPS) is 10.6. The molecule has 6 heteroatoms. The molecular formula is C14H17N3O3. The van der Waals surface area contributed by atoms with Gasteiger partial charge >= 0.3 is 5.97 Å². The number of carbonyl (C=O) groups is 1. The SMILES string of the molecule is CCc1cc(COc2ccc(C)nc2C(=O)O)n(C)n1. The Morgan fingerprint density at radius 2 is 2.20 bits per heavy atom. The largest absolute Gasteiger partial charge is 0.485 e. The number of hydrogen-bond donors (Lipinski definition) is 1. The van der Waals surface area contributed by atoms with E-state index in [2.05, 4.69) is 10.1 Å². The highest BCUT2D eigenvalue weighted by atomic mass is 16.5. The van der Waals surface area contributed by atoms with Crippen LogP contribution in [-0.2, 0) is 20.1 Å². The Kier molecular flexibility index (Phi) is 4.02. The van der Waals surface area contributed by atoms with Gasteiger partial charge in [-0.15, -0.1) is 0 Å². The molecule has 6 nitrogen and oxygen atoms in total. The first-order valence-corrected chi connectivity index (χ1v) is 6.36. The third-order valence-electron chi connectivity index (χ3n) is 2.97. The fourth-order valence-electron chi connectivity index (χ4n) is 1.84. The first kappa shape index (κ1) is 14.0. The van der Waals surface area contributed by atoms with E-state index < -0.39 is 5.97 Å². The Morgan fingerprint density at radius 1 is 1.45 bits per heavy atom. The van der Waals surface area contributed by atoms with E-state index in [1.807, 2.05) is 20.0 Å². The van der Waals surface area contributed by atoms with E-state index in [0.717, 1.165) is 17.8 Å². The zero-order chi connectivity index (χ0) is 14.7. The molecule has 0 aromatic carbocycles. The van der Waals surface area contributed by atoms with Gasteiger partial charge in [-0.2, -0.15) is 5.10 Å². The number of aromatic nitrogens is 3. The summed E-state index contributed by atoms with van der Waals surface area (Å²) in [5.74, 6) is -0.828. The van der Waals surface area contributed by atoms with Gasteiger partial charge in [0.2, 0.25) is 0 Å². The predicted molar refractivity (Wildman–Crippen MR) is 72.9 cm³/mol. The smallest absolute Gasteiger partial charge is 0.358 e. The van der Waals surface area contributed by atoms with E-state index in [1.165, 1.54) is 0 Å². The minimum Gasteiger partial charge on any atom is -0.485 e. The number of carboxylic acid groups (broad SMARTS) is 1. The number of aryl methyl sites for hydroxylation is 3. The van der Waals surface area contributed by atoms with Crippen LogP contribution >= 0.6 is 0 Å². The van der Waals surface area contributed by atoms with Gasteiger partial charge in [0.25, 0.3) is 0 Å². The monoisotopic (exact) mass is 275 g/mol. The molecule has 106 valence electrons. The molecule has 2 aromatic heterocycles. The molecule has 0 unspecified atom stereocenters. The van der Waals surface area contributed by atoms with Gasteiger partial charge < -0.3 is 9.84 Å². The summed E-state index contributed by atoms with van der Waals surface area (Å²) in [7, 11) is 1.84. The van der Waals surface area contributed by atoms with Gasteiger partial charge in [0.05, 0.1) is 11.4 Å². The van der Waals surface area contributed by atoms with Crippen molar-refractivity contribution in [3.63, 3.8) is 0 Å². The number of rotatable bonds is 5. The molecule has 1 N–H and O–H groups in total. The van der Waals surface area contributed by atoms with Gasteiger partial charge in [0, 0.05) is 12.7 Å². The second-order valence-corrected chi connectivity index (χ2v) is 4.50. The molecule has 0 saturated carbocycles. The molecule has 0 bridgehead atoms. The fraction of sp³-hybridized carbons (Fsp3) is 0.357. The van der Waals surface area contributed by atoms with Crippen molar-refractivity contribution in [3.8, 4) is 5.75 Å². The van der Waals surface area contributed by atoms with E-state index >= 15 is 0 Å². The van der Waals surface area contributed by atoms with Crippen LogP contribution < -0.4 is 4.74 Å². The Hall–Kier alpha value is -2.37. The summed E-state index contributed by atoms with van der Waals surface area (Å²) in [6, 6.07) is 5.30. The van der Waals surface area contributed by atoms with E-state index in [-0.39, 0.29) is 18.1 Å². The molecule has 0 spiro atoms. The maximum Gasteiger partial charge on any atom is 0.358 e. The second kappa shape index (κ2) is 5.73. The number of carboxylic acids is 1. The molecule has 0 aliphatic heterocycles. The Labute approximate surface area is 117 Å². The van der Waals surface area contributed by atoms with E-state index in [0.29, 0.717) is 5.69 Å². The van der Waals surface area contributed by atoms with Gasteiger partial charge in [0.15, 0.2) is 11.4 Å². The van der Waals surface area contributed by atoms with Crippen LogP contribution in [-0.4, -0.2) is 25.8 Å². The number of pyridine rings is 1. The topological polar surface area (TPSA) is 77.2 Å². The molecule has 0 atom stereocenters. The van der Waals surface area contributed by atoms with E-state index in [9.17, 15) is 4.79 Å². The zero-order valence-corrected chi connectivity index (χ0v) is 11.8. The van der Waals surface area contributed by atoms with Crippen LogP contribution in [0.5, 0.6) is 5.75 Å². The summed E-state index contributed by atoms with van der Waals surface area (Å²) in [5.41, 5.74) is 2.44. The lowest BCUT2D eigenvalue weighted by Crippen LogP contribution is -2.08. The summed E-state index contributed by atoms with van der Waals surface area (Å²) >= 11 is 0. The van der Waals surface area contributed by atoms with Gasteiger partial charge in [-0.1, -0.05) is 6.92 Å². The molecule has 2 rings (SSSR count). The number of ether oxygens (including phenoxy) is 1. The van der Waals surface area contributed by atoms with Gasteiger partial charge in [-0.3, -0.25) is 4.68 Å². The van der Waals surface area contributed by atoms with Crippen LogP contribution in [0.25, 0.3) is 0 Å². The van der Waals surface area contributed by atoms with E-state index in [1.54, 1.807) is 23.7 Å². The van der Waals surface area contributed by atoms with Gasteiger partial charge in [-0.05, 0) is 31.5 Å². The summed E-state index contributed by atoms with van der Waals surface area (Å²) < 4.78 is 7.31. The molecule has 0 fully saturated rings. The molecule has 2 aromatic rings. The van der Waals surface area contributed by atoms with Gasteiger partial charge in [0.1, 0.15) is 6.61 Å². The van der Waals surface area contributed by atoms with Crippen LogP contribution in [0.3, 0.4) is 0 Å². The zero-order valence-electron chi connectivity index (χ0n) is 11.8. The second-order valence-electron chi connectivity index (χ2n) is 4.50. The quantitative estimate of drug-likeness (QED) is 0.902. The number of hydrogen-bond acceptors (Lipinski definition) is 4. The van der Waals surface area contributed by atoms with Crippen LogP contribution in [0.1, 0.15) is 34.5 Å². The van der Waals surface area contributed by atoms with Crippen molar-refractivity contribution in [2.24, 2.45) is 7.05 Å². The first-order chi connectivity index (χ1) is 9.51. The molecule has 0 aliphatic rings. The minimum absolute atomic E-state index is 0.0668. The van der Waals surface area contributed by atoms with Crippen LogP contribution in [0, 0.1) is 6.92 Å². The van der Waals surface area contributed by atoms with Gasteiger partial charge in [-0.25, -0.2) is 9.78 Å². The van der Waals surface area contributed by atoms with Crippen molar-refractivity contribution in [2.75, 3.05) is 0 Å². The van der Waals surface area contributed by atoms with E-state index in [4.69, 9.17) is 9.84 Å². The van der Waals surface area contributed by atoms with Crippen molar-refractivity contribution < 1.29 is 14.6 Å². The van der Waals surface area contributed by atoms with Crippen molar-refractivity contribution >= 4 is 5.97 Å². The van der Waals surface area contributed by atoms with Crippen molar-refractivity contribution in [3.05, 3.63) is 41.0 Å². The van der Waals surface area contributed by atoms with Crippen molar-refractivity contribution in [2.45, 2.75) is 26.9 Å². The number of aromatic carboxylic acids is 1. The molecule has 0 amide bonds. The minimum atomic E-state index is -1.09. The summed E-state index contributed by atoms with van der Waals surface area (Å²) in [6.07, 6.45) is 0.848. The lowest BCUT2D eigenvalue weighted by atomic mass is 10.3. The third-order valence-corrected chi connectivity index (χ3v) is 2.97. The molecule has 20 heavy (non-hydrogen) atoms. The highest BCUT2D eigenvalue weighted by Crippen LogP contribution is 2.18. The summed E-state index contributed by atoms with van der Waals surface area (Å²) in [6.45, 7) is 4.03. The van der Waals surface area contributed by atoms with Crippen LogP contribution in [0.15, 0.2) is 18.2 Å². The average Bonchev–Trinajstić information content (AvgIpc) is 2.78. The number of nitrogens with zero attached hydrogens (tertiary/aromatic N) is 3. The Balaban J connectivity index is 2.18. The predicted octanol–water partition coefficient (Wildman–Crippen LogP) is 1.96. The molecule has 0 radical (unpaired) electrons. The first-order valence-electron chi connectivity index (χ1n) is 6.36. The summed E-state index contributed by atoms with van der Waals surface area (Å²) in [4.78, 5) is 15.1. The highest BCUT2D eigenvalue weighted by molar-refractivity contribution is 5.88. The molecular weight excluding hydrogens is 258 g/mol. The standard InChI is InChI=1S/C14H17N3O3/c1-4-10-7-11(17(3)16-10)8-20-12-6-5-9(2)15-13(12)14(18)19/h5-7H,4,8H2,1-3H3,(H,18,19). The van der Waals surface area contributed by atoms with Crippen molar-refractivity contribution in [1.82, 2.24) is 14.8 Å². The average molecular weight is 275 g/mol. The van der Waals surface area contributed by atoms with Crippen LogP contribution in [0.4, 0.5) is 0 Å². The fourth-order valence-corrected chi connectivity index (χ4v) is 1.84. The van der Waals surface area contributed by atoms with Crippen LogP contribution in [0.2, 0.25) is 0 Å². The third kappa shape index (κ3) is 2.96. The lowest BCUT2D eigenvalue weighted by Gasteiger charge is -2.09. The molecule has 0 saturated heterocycles. The molecule has 0 aliphatic carbocycles. The summed E-state index contributed by atoms with van der Waals surface area (Å²) in [5, 5.41) is 13.4. The highest BCUT2D eigenvalue weighted by Gasteiger charge is 2.14. The maximum atomic E-state index is 11.1. The Morgan fingerprint density at radius 3 is 2.80 bits per heavy atom. The maximum absolute atomic E-state index is 11.1. The Bertz CT molecular complexity index is 635. The van der Waals surface area contributed by atoms with Crippen molar-refractivity contribution in [1.29, 1.82) is 0 Å². The lowest BCUT2D eigenvalue weighted by molar-refractivity contribution is 0.0684. The molecule has 2 heterocycles.